The molecule has 20 heavy (non-hydrogen) atoms. The van der Waals surface area contributed by atoms with Crippen molar-refractivity contribution >= 4 is 34.5 Å². The third kappa shape index (κ3) is 3.32. The van der Waals surface area contributed by atoms with Gasteiger partial charge in [0.15, 0.2) is 0 Å². The molecule has 1 N–H and O–H groups in total. The Bertz CT molecular complexity index is 651. The van der Waals surface area contributed by atoms with Crippen LogP contribution in [0.25, 0.3) is 0 Å². The summed E-state index contributed by atoms with van der Waals surface area (Å²) in [7, 11) is 0. The van der Waals surface area contributed by atoms with Crippen molar-refractivity contribution in [2.24, 2.45) is 0 Å². The van der Waals surface area contributed by atoms with E-state index < -0.39 is 22.7 Å². The maximum Gasteiger partial charge on any atom is 0.417 e. The van der Waals surface area contributed by atoms with Gasteiger partial charge < -0.3 is 5.32 Å². The van der Waals surface area contributed by atoms with Gasteiger partial charge in [0.1, 0.15) is 0 Å². The van der Waals surface area contributed by atoms with Crippen molar-refractivity contribution in [3.8, 4) is 0 Å². The first-order valence-electron chi connectivity index (χ1n) is 5.52. The van der Waals surface area contributed by atoms with E-state index in [0.29, 0.717) is 4.88 Å². The van der Waals surface area contributed by atoms with Crippen LogP contribution in [0.2, 0.25) is 5.02 Å². The molecule has 0 fully saturated rings. The molecule has 0 aliphatic carbocycles. The Morgan fingerprint density at radius 2 is 1.95 bits per heavy atom. The first kappa shape index (κ1) is 14.9. The second kappa shape index (κ2) is 5.46. The van der Waals surface area contributed by atoms with E-state index in [2.05, 4.69) is 5.32 Å². The number of amides is 1. The van der Waals surface area contributed by atoms with Crippen molar-refractivity contribution in [3.05, 3.63) is 50.7 Å². The Morgan fingerprint density at radius 3 is 2.50 bits per heavy atom. The summed E-state index contributed by atoms with van der Waals surface area (Å²) in [4.78, 5) is 13.2. The molecule has 2 aromatic rings. The summed E-state index contributed by atoms with van der Waals surface area (Å²) in [5.74, 6) is -0.446. The van der Waals surface area contributed by atoms with Gasteiger partial charge in [0.25, 0.3) is 5.91 Å². The fourth-order valence-electron chi connectivity index (χ4n) is 1.57. The number of benzene rings is 1. The SMILES string of the molecule is Cc1ccc(C(=O)Nc2ccc(Cl)c(C(F)(F)F)c2)s1. The van der Waals surface area contributed by atoms with Crippen LogP contribution >= 0.6 is 22.9 Å². The second-order valence-corrected chi connectivity index (χ2v) is 5.75. The van der Waals surface area contributed by atoms with Gasteiger partial charge >= 0.3 is 6.18 Å². The van der Waals surface area contributed by atoms with Gasteiger partial charge in [0, 0.05) is 10.6 Å². The number of hydrogen-bond donors (Lipinski definition) is 1. The fraction of sp³-hybridized carbons (Fsp3) is 0.154. The number of aryl methyl sites for hydroxylation is 1. The third-order valence-electron chi connectivity index (χ3n) is 2.49. The van der Waals surface area contributed by atoms with E-state index in [1.807, 2.05) is 6.92 Å². The number of carbonyl (C=O) groups excluding carboxylic acids is 1. The summed E-state index contributed by atoms with van der Waals surface area (Å²) < 4.78 is 38.1. The number of alkyl halides is 3. The molecule has 1 aromatic heterocycles. The van der Waals surface area contributed by atoms with Crippen LogP contribution in [0.3, 0.4) is 0 Å². The summed E-state index contributed by atoms with van der Waals surface area (Å²) in [5.41, 5.74) is -0.919. The summed E-state index contributed by atoms with van der Waals surface area (Å²) in [6.45, 7) is 1.84. The minimum Gasteiger partial charge on any atom is -0.321 e. The lowest BCUT2D eigenvalue weighted by Gasteiger charge is -2.11. The lowest BCUT2D eigenvalue weighted by Crippen LogP contribution is -2.12. The van der Waals surface area contributed by atoms with Crippen molar-refractivity contribution in [3.63, 3.8) is 0 Å². The molecule has 0 unspecified atom stereocenters. The van der Waals surface area contributed by atoms with Crippen molar-refractivity contribution in [1.82, 2.24) is 0 Å². The first-order valence-corrected chi connectivity index (χ1v) is 6.71. The molecule has 0 bridgehead atoms. The number of halogens is 4. The summed E-state index contributed by atoms with van der Waals surface area (Å²) >= 11 is 6.77. The molecule has 0 radical (unpaired) electrons. The van der Waals surface area contributed by atoms with E-state index >= 15 is 0 Å². The zero-order valence-electron chi connectivity index (χ0n) is 10.2. The summed E-state index contributed by atoms with van der Waals surface area (Å²) in [6, 6.07) is 6.65. The van der Waals surface area contributed by atoms with E-state index in [-0.39, 0.29) is 5.69 Å². The van der Waals surface area contributed by atoms with Crippen LogP contribution in [-0.4, -0.2) is 5.91 Å². The topological polar surface area (TPSA) is 29.1 Å². The van der Waals surface area contributed by atoms with E-state index in [1.54, 1.807) is 12.1 Å². The van der Waals surface area contributed by atoms with Crippen molar-refractivity contribution in [2.45, 2.75) is 13.1 Å². The van der Waals surface area contributed by atoms with Crippen LogP contribution in [-0.2, 0) is 6.18 Å². The number of carbonyl (C=O) groups is 1. The van der Waals surface area contributed by atoms with Gasteiger partial charge in [-0.25, -0.2) is 0 Å². The predicted molar refractivity (Wildman–Crippen MR) is 73.5 cm³/mol. The lowest BCUT2D eigenvalue weighted by atomic mass is 10.2. The quantitative estimate of drug-likeness (QED) is 0.831. The number of thiophene rings is 1. The van der Waals surface area contributed by atoms with Crippen LogP contribution in [0, 0.1) is 6.92 Å². The highest BCUT2D eigenvalue weighted by atomic mass is 35.5. The van der Waals surface area contributed by atoms with Gasteiger partial charge in [0.2, 0.25) is 0 Å². The largest absolute Gasteiger partial charge is 0.417 e. The predicted octanol–water partition coefficient (Wildman–Crippen LogP) is 4.98. The molecule has 1 aromatic carbocycles. The second-order valence-electron chi connectivity index (χ2n) is 4.06. The van der Waals surface area contributed by atoms with Crippen molar-refractivity contribution < 1.29 is 18.0 Å². The fourth-order valence-corrected chi connectivity index (χ4v) is 2.56. The third-order valence-corrected chi connectivity index (χ3v) is 3.82. The molecule has 2 nitrogen and oxygen atoms in total. The van der Waals surface area contributed by atoms with Gasteiger partial charge in [0.05, 0.1) is 15.5 Å². The molecule has 0 saturated heterocycles. The van der Waals surface area contributed by atoms with Crippen LogP contribution in [0.5, 0.6) is 0 Å². The monoisotopic (exact) mass is 319 g/mol. The highest BCUT2D eigenvalue weighted by Gasteiger charge is 2.33. The normalized spacial score (nSPS) is 11.4. The number of rotatable bonds is 2. The zero-order chi connectivity index (χ0) is 14.9. The van der Waals surface area contributed by atoms with Crippen molar-refractivity contribution in [1.29, 1.82) is 0 Å². The van der Waals surface area contributed by atoms with Crippen LogP contribution in [0.4, 0.5) is 18.9 Å². The molecule has 0 saturated carbocycles. The highest BCUT2D eigenvalue weighted by molar-refractivity contribution is 7.14. The van der Waals surface area contributed by atoms with Gasteiger partial charge in [-0.15, -0.1) is 11.3 Å². The van der Waals surface area contributed by atoms with E-state index in [4.69, 9.17) is 11.6 Å². The van der Waals surface area contributed by atoms with Gasteiger partial charge in [-0.3, -0.25) is 4.79 Å². The van der Waals surface area contributed by atoms with Crippen LogP contribution in [0.15, 0.2) is 30.3 Å². The Morgan fingerprint density at radius 1 is 1.25 bits per heavy atom. The molecule has 0 aliphatic rings. The molecule has 7 heteroatoms. The maximum atomic E-state index is 12.7. The average Bonchev–Trinajstić information content (AvgIpc) is 2.77. The van der Waals surface area contributed by atoms with E-state index in [1.165, 1.54) is 17.4 Å². The van der Waals surface area contributed by atoms with Gasteiger partial charge in [-0.05, 0) is 37.3 Å². The summed E-state index contributed by atoms with van der Waals surface area (Å²) in [5, 5.41) is 2.02. The van der Waals surface area contributed by atoms with Crippen LogP contribution < -0.4 is 5.32 Å². The molecule has 1 amide bonds. The lowest BCUT2D eigenvalue weighted by molar-refractivity contribution is -0.137. The minimum atomic E-state index is -4.56. The molecular weight excluding hydrogens is 311 g/mol. The molecule has 1 heterocycles. The van der Waals surface area contributed by atoms with Crippen LogP contribution in [0.1, 0.15) is 20.1 Å². The maximum absolute atomic E-state index is 12.7. The van der Waals surface area contributed by atoms with Gasteiger partial charge in [-0.1, -0.05) is 11.6 Å². The molecule has 106 valence electrons. The minimum absolute atomic E-state index is 0.0535. The number of nitrogens with one attached hydrogen (secondary N) is 1. The molecule has 0 atom stereocenters. The number of hydrogen-bond acceptors (Lipinski definition) is 2. The van der Waals surface area contributed by atoms with Crippen molar-refractivity contribution in [2.75, 3.05) is 5.32 Å². The Labute approximate surface area is 122 Å². The molecule has 0 aliphatic heterocycles. The smallest absolute Gasteiger partial charge is 0.321 e. The Balaban J connectivity index is 2.24. The van der Waals surface area contributed by atoms with Gasteiger partial charge in [-0.2, -0.15) is 13.2 Å². The Hall–Kier alpha value is -1.53. The molecule has 0 spiro atoms. The van der Waals surface area contributed by atoms with E-state index in [0.717, 1.165) is 17.0 Å². The average molecular weight is 320 g/mol. The standard InChI is InChI=1S/C13H9ClF3NOS/c1-7-2-5-11(20-7)12(19)18-8-3-4-10(14)9(6-8)13(15,16)17/h2-6H,1H3,(H,18,19). The summed E-state index contributed by atoms with van der Waals surface area (Å²) in [6.07, 6.45) is -4.56. The Kier molecular flexibility index (Phi) is 4.06. The zero-order valence-corrected chi connectivity index (χ0v) is 11.8. The highest BCUT2D eigenvalue weighted by Crippen LogP contribution is 2.36. The first-order chi connectivity index (χ1) is 9.27. The van der Waals surface area contributed by atoms with E-state index in [9.17, 15) is 18.0 Å². The number of anilines is 1. The molecule has 2 rings (SSSR count). The molecular formula is C13H9ClF3NOS.